The number of nitro benzene ring substituents is 1. The molecule has 0 spiro atoms. The van der Waals surface area contributed by atoms with E-state index in [9.17, 15) is 14.9 Å². The summed E-state index contributed by atoms with van der Waals surface area (Å²) in [6.45, 7) is 0. The number of nitrogens with zero attached hydrogens (tertiary/aromatic N) is 2. The molecule has 1 aromatic heterocycles. The van der Waals surface area contributed by atoms with Crippen LogP contribution in [0.15, 0.2) is 35.1 Å². The van der Waals surface area contributed by atoms with Gasteiger partial charge in [0.25, 0.3) is 5.69 Å². The number of H-pyrrole nitrogens is 1. The van der Waals surface area contributed by atoms with Crippen molar-refractivity contribution in [3.63, 3.8) is 0 Å². The number of pyridine rings is 1. The third-order valence-corrected chi connectivity index (χ3v) is 3.52. The van der Waals surface area contributed by atoms with Crippen molar-refractivity contribution >= 4 is 39.1 Å². The van der Waals surface area contributed by atoms with E-state index in [1.807, 2.05) is 6.07 Å². The summed E-state index contributed by atoms with van der Waals surface area (Å²) in [5.74, 6) is 0. The molecule has 6 nitrogen and oxygen atoms in total. The molecule has 0 radical (unpaired) electrons. The summed E-state index contributed by atoms with van der Waals surface area (Å²) in [7, 11) is 0. The van der Waals surface area contributed by atoms with Crippen LogP contribution in [0, 0.1) is 21.4 Å². The molecule has 3 rings (SSSR count). The fraction of sp³-hybridized carbons (Fsp3) is 0. The predicted octanol–water partition coefficient (Wildman–Crippen LogP) is 3.11. The quantitative estimate of drug-likeness (QED) is 0.424. The van der Waals surface area contributed by atoms with E-state index in [0.717, 1.165) is 0 Å². The number of nitriles is 1. The first-order valence-corrected chi connectivity index (χ1v) is 6.23. The number of hydrogen-bond donors (Lipinski definition) is 1. The molecule has 0 aliphatic heterocycles. The van der Waals surface area contributed by atoms with E-state index < -0.39 is 10.4 Å². The molecule has 1 N–H and O–H groups in total. The summed E-state index contributed by atoms with van der Waals surface area (Å²) in [4.78, 5) is 25.9. The average molecular weight is 300 g/mol. The van der Waals surface area contributed by atoms with Crippen molar-refractivity contribution in [2.45, 2.75) is 0 Å². The van der Waals surface area contributed by atoms with Gasteiger partial charge in [-0.1, -0.05) is 11.6 Å². The SMILES string of the molecule is N#Cc1ccc2[nH]c3c([N+](=O)[O-])ccc(Cl)c3c(=O)c2c1. The van der Waals surface area contributed by atoms with Gasteiger partial charge in [-0.2, -0.15) is 5.26 Å². The van der Waals surface area contributed by atoms with Crippen molar-refractivity contribution in [3.05, 3.63) is 61.3 Å². The number of benzene rings is 2. The van der Waals surface area contributed by atoms with E-state index >= 15 is 0 Å². The first-order valence-electron chi connectivity index (χ1n) is 5.85. The molecule has 3 aromatic rings. The average Bonchev–Trinajstić information content (AvgIpc) is 2.46. The van der Waals surface area contributed by atoms with E-state index in [1.165, 1.54) is 24.3 Å². The second-order valence-corrected chi connectivity index (χ2v) is 4.81. The molecule has 0 saturated carbocycles. The Hall–Kier alpha value is -2.91. The Labute approximate surface area is 122 Å². The lowest BCUT2D eigenvalue weighted by molar-refractivity contribution is -0.383. The molecule has 0 aliphatic rings. The maximum atomic E-state index is 12.5. The van der Waals surface area contributed by atoms with Crippen molar-refractivity contribution in [3.8, 4) is 6.07 Å². The second kappa shape index (κ2) is 4.58. The van der Waals surface area contributed by atoms with Crippen LogP contribution >= 0.6 is 11.6 Å². The molecule has 1 heterocycles. The zero-order chi connectivity index (χ0) is 15.1. The Morgan fingerprint density at radius 1 is 1.29 bits per heavy atom. The Bertz CT molecular complexity index is 1020. The van der Waals surface area contributed by atoms with Crippen LogP contribution in [0.3, 0.4) is 0 Å². The topological polar surface area (TPSA) is 99.8 Å². The minimum Gasteiger partial charge on any atom is -0.349 e. The third-order valence-electron chi connectivity index (χ3n) is 3.21. The van der Waals surface area contributed by atoms with E-state index in [1.54, 1.807) is 6.07 Å². The fourth-order valence-corrected chi connectivity index (χ4v) is 2.49. The Morgan fingerprint density at radius 3 is 2.71 bits per heavy atom. The van der Waals surface area contributed by atoms with Gasteiger partial charge in [0.1, 0.15) is 5.52 Å². The number of aromatic nitrogens is 1. The van der Waals surface area contributed by atoms with Crippen molar-refractivity contribution in [1.29, 1.82) is 5.26 Å². The minimum atomic E-state index is -0.579. The zero-order valence-electron chi connectivity index (χ0n) is 10.4. The highest BCUT2D eigenvalue weighted by Gasteiger charge is 2.18. The van der Waals surface area contributed by atoms with Gasteiger partial charge in [0.15, 0.2) is 5.43 Å². The van der Waals surface area contributed by atoms with Crippen LogP contribution in [-0.4, -0.2) is 9.91 Å². The normalized spacial score (nSPS) is 10.7. The van der Waals surface area contributed by atoms with Gasteiger partial charge >= 0.3 is 0 Å². The van der Waals surface area contributed by atoms with E-state index in [2.05, 4.69) is 4.98 Å². The highest BCUT2D eigenvalue weighted by molar-refractivity contribution is 6.36. The minimum absolute atomic E-state index is 0.0495. The van der Waals surface area contributed by atoms with Crippen LogP contribution in [0.1, 0.15) is 5.56 Å². The van der Waals surface area contributed by atoms with Crippen molar-refractivity contribution in [2.24, 2.45) is 0 Å². The summed E-state index contributed by atoms with van der Waals surface area (Å²) in [5, 5.41) is 20.4. The molecule has 21 heavy (non-hydrogen) atoms. The molecule has 0 atom stereocenters. The molecule has 0 amide bonds. The van der Waals surface area contributed by atoms with Crippen molar-refractivity contribution in [2.75, 3.05) is 0 Å². The molecule has 0 aliphatic carbocycles. The first-order chi connectivity index (χ1) is 10.0. The Kier molecular flexibility index (Phi) is 2.85. The second-order valence-electron chi connectivity index (χ2n) is 4.40. The van der Waals surface area contributed by atoms with Crippen LogP contribution in [0.5, 0.6) is 0 Å². The number of non-ortho nitro benzene ring substituents is 1. The summed E-state index contributed by atoms with van der Waals surface area (Å²) in [6.07, 6.45) is 0. The smallest absolute Gasteiger partial charge is 0.293 e. The standard InChI is InChI=1S/C14H6ClN3O3/c15-9-2-4-11(18(20)21)13-12(9)14(19)8-5-7(6-16)1-3-10(8)17-13/h1-5H,(H,17,19). The van der Waals surface area contributed by atoms with Crippen LogP contribution in [0.2, 0.25) is 5.02 Å². The number of nitrogens with one attached hydrogen (secondary N) is 1. The molecular formula is C14H6ClN3O3. The number of fused-ring (bicyclic) bond motifs is 2. The zero-order valence-corrected chi connectivity index (χ0v) is 11.1. The van der Waals surface area contributed by atoms with Gasteiger partial charge in [-0.05, 0) is 24.3 Å². The van der Waals surface area contributed by atoms with Gasteiger partial charge in [0.05, 0.1) is 32.5 Å². The molecule has 102 valence electrons. The van der Waals surface area contributed by atoms with Crippen LogP contribution in [0.4, 0.5) is 5.69 Å². The molecule has 7 heteroatoms. The van der Waals surface area contributed by atoms with Gasteiger partial charge in [-0.15, -0.1) is 0 Å². The summed E-state index contributed by atoms with van der Waals surface area (Å²) >= 11 is 6.01. The van der Waals surface area contributed by atoms with Crippen molar-refractivity contribution in [1.82, 2.24) is 4.98 Å². The Balaban J connectivity index is 2.59. The molecule has 0 saturated heterocycles. The summed E-state index contributed by atoms with van der Waals surface area (Å²) in [6, 6.07) is 9.01. The monoisotopic (exact) mass is 299 g/mol. The van der Waals surface area contributed by atoms with Crippen LogP contribution < -0.4 is 5.43 Å². The van der Waals surface area contributed by atoms with Gasteiger partial charge in [-0.25, -0.2) is 0 Å². The highest BCUT2D eigenvalue weighted by atomic mass is 35.5. The fourth-order valence-electron chi connectivity index (χ4n) is 2.25. The Morgan fingerprint density at radius 2 is 2.05 bits per heavy atom. The van der Waals surface area contributed by atoms with Gasteiger partial charge < -0.3 is 4.98 Å². The first kappa shape index (κ1) is 13.1. The lowest BCUT2D eigenvalue weighted by Gasteiger charge is -2.05. The van der Waals surface area contributed by atoms with Crippen molar-refractivity contribution < 1.29 is 4.92 Å². The maximum absolute atomic E-state index is 12.5. The number of halogens is 1. The number of nitro groups is 1. The summed E-state index contributed by atoms with van der Waals surface area (Å²) < 4.78 is 0. The molecule has 0 unspecified atom stereocenters. The lowest BCUT2D eigenvalue weighted by Crippen LogP contribution is -2.06. The summed E-state index contributed by atoms with van der Waals surface area (Å²) in [5.41, 5.74) is 0.155. The maximum Gasteiger partial charge on any atom is 0.293 e. The molecule has 0 bridgehead atoms. The van der Waals surface area contributed by atoms with Gasteiger partial charge in [0, 0.05) is 11.5 Å². The largest absolute Gasteiger partial charge is 0.349 e. The highest BCUT2D eigenvalue weighted by Crippen LogP contribution is 2.29. The number of aromatic amines is 1. The molecular weight excluding hydrogens is 294 g/mol. The van der Waals surface area contributed by atoms with Crippen LogP contribution in [0.25, 0.3) is 21.8 Å². The molecule has 2 aromatic carbocycles. The van der Waals surface area contributed by atoms with Gasteiger partial charge in [0.2, 0.25) is 0 Å². The van der Waals surface area contributed by atoms with Crippen LogP contribution in [-0.2, 0) is 0 Å². The van der Waals surface area contributed by atoms with E-state index in [-0.39, 0.29) is 27.0 Å². The number of hydrogen-bond acceptors (Lipinski definition) is 4. The van der Waals surface area contributed by atoms with Gasteiger partial charge in [-0.3, -0.25) is 14.9 Å². The van der Waals surface area contributed by atoms with E-state index in [4.69, 9.17) is 16.9 Å². The predicted molar refractivity (Wildman–Crippen MR) is 78.5 cm³/mol. The lowest BCUT2D eigenvalue weighted by atomic mass is 10.1. The van der Waals surface area contributed by atoms with E-state index in [0.29, 0.717) is 11.1 Å². The third kappa shape index (κ3) is 1.91. The number of rotatable bonds is 1. The molecule has 0 fully saturated rings.